The van der Waals surface area contributed by atoms with E-state index in [0.717, 1.165) is 30.2 Å². The lowest BCUT2D eigenvalue weighted by Gasteiger charge is -2.43. The van der Waals surface area contributed by atoms with Crippen molar-refractivity contribution in [1.29, 1.82) is 0 Å². The van der Waals surface area contributed by atoms with Gasteiger partial charge in [0.25, 0.3) is 0 Å². The van der Waals surface area contributed by atoms with E-state index in [1.165, 1.54) is 12.1 Å². The first-order chi connectivity index (χ1) is 17.0. The van der Waals surface area contributed by atoms with Crippen molar-refractivity contribution in [2.75, 3.05) is 37.7 Å². The Bertz CT molecular complexity index is 1060. The number of carboxylic acid groups (broad SMARTS) is 1. The van der Waals surface area contributed by atoms with Gasteiger partial charge in [0.1, 0.15) is 11.4 Å². The van der Waals surface area contributed by atoms with Crippen molar-refractivity contribution in [2.45, 2.75) is 31.0 Å². The molecule has 0 radical (unpaired) electrons. The first-order valence-corrected chi connectivity index (χ1v) is 12.0. The van der Waals surface area contributed by atoms with Gasteiger partial charge < -0.3 is 25.5 Å². The molecule has 3 heterocycles. The molecule has 2 amide bonds. The maximum absolute atomic E-state index is 13.7. The number of amides is 2. The van der Waals surface area contributed by atoms with Crippen LogP contribution in [0, 0.1) is 5.82 Å². The van der Waals surface area contributed by atoms with Crippen molar-refractivity contribution in [1.82, 2.24) is 15.5 Å². The number of aliphatic carboxylic acids is 1. The molecule has 1 spiro atoms. The Hall–Kier alpha value is -3.19. The van der Waals surface area contributed by atoms with Crippen LogP contribution in [0.25, 0.3) is 0 Å². The lowest BCUT2D eigenvalue weighted by atomic mass is 9.85. The summed E-state index contributed by atoms with van der Waals surface area (Å²) < 4.78 is 45.4. The maximum Gasteiger partial charge on any atom is 0.490 e. The van der Waals surface area contributed by atoms with Gasteiger partial charge >= 0.3 is 12.1 Å². The molecule has 13 heteroatoms. The summed E-state index contributed by atoms with van der Waals surface area (Å²) in [5.74, 6) is -3.00. The number of nitrogens with one attached hydrogen (secondary N) is 2. The number of anilines is 1. The number of thiophene rings is 1. The zero-order valence-electron chi connectivity index (χ0n) is 19.2. The molecule has 36 heavy (non-hydrogen) atoms. The number of likely N-dealkylation sites (tertiary alicyclic amines) is 1. The summed E-state index contributed by atoms with van der Waals surface area (Å²) in [6.45, 7) is 3.28. The van der Waals surface area contributed by atoms with Crippen LogP contribution < -0.4 is 15.5 Å². The summed E-state index contributed by atoms with van der Waals surface area (Å²) in [4.78, 5) is 38.9. The van der Waals surface area contributed by atoms with E-state index in [1.807, 2.05) is 28.5 Å². The molecular formula is C23H26F4N4O4S. The van der Waals surface area contributed by atoms with Crippen molar-refractivity contribution in [3.8, 4) is 0 Å². The van der Waals surface area contributed by atoms with Crippen LogP contribution in [0.2, 0.25) is 0 Å². The average Bonchev–Trinajstić information content (AvgIpc) is 3.43. The van der Waals surface area contributed by atoms with Gasteiger partial charge in [-0.3, -0.25) is 9.59 Å². The van der Waals surface area contributed by atoms with Gasteiger partial charge in [-0.05, 0) is 42.5 Å². The topological polar surface area (TPSA) is 102 Å². The molecule has 2 aromatic rings. The molecule has 196 valence electrons. The van der Waals surface area contributed by atoms with E-state index in [-0.39, 0.29) is 17.6 Å². The Morgan fingerprint density at radius 3 is 2.44 bits per heavy atom. The number of carbonyl (C=O) groups is 3. The predicted octanol–water partition coefficient (Wildman–Crippen LogP) is 2.61. The minimum absolute atomic E-state index is 0.0191. The van der Waals surface area contributed by atoms with Gasteiger partial charge in [0, 0.05) is 36.7 Å². The summed E-state index contributed by atoms with van der Waals surface area (Å²) in [5.41, 5.74) is 0.116. The lowest BCUT2D eigenvalue weighted by Crippen LogP contribution is -2.57. The van der Waals surface area contributed by atoms with Crippen LogP contribution in [0.3, 0.4) is 0 Å². The number of benzene rings is 1. The standard InChI is InChI=1S/C21H25FN4O2S.C2HF3O2/c22-16-3-1-4-17(13-16)26-15-24-20(28)21(26)6-9-25(10-7-21)11-8-23-19(27)14-18-5-2-12-29-18;3-2(4,5)1(6)7/h1-5,12-13H,6-11,14-15H2,(H,23,27)(H,24,28);(H,6,7). The Kier molecular flexibility index (Phi) is 8.90. The highest BCUT2D eigenvalue weighted by Crippen LogP contribution is 2.36. The van der Waals surface area contributed by atoms with E-state index >= 15 is 0 Å². The number of rotatable bonds is 6. The summed E-state index contributed by atoms with van der Waals surface area (Å²) in [7, 11) is 0. The second kappa shape index (κ2) is 11.7. The molecular weight excluding hydrogens is 504 g/mol. The van der Waals surface area contributed by atoms with Gasteiger partial charge in [-0.1, -0.05) is 12.1 Å². The summed E-state index contributed by atoms with van der Waals surface area (Å²) >= 11 is 1.59. The Morgan fingerprint density at radius 1 is 1.17 bits per heavy atom. The number of hydrogen-bond donors (Lipinski definition) is 3. The Labute approximate surface area is 208 Å². The molecule has 2 aliphatic heterocycles. The molecule has 0 atom stereocenters. The Balaban J connectivity index is 0.000000454. The average molecular weight is 531 g/mol. The molecule has 3 N–H and O–H groups in total. The van der Waals surface area contributed by atoms with Crippen molar-refractivity contribution >= 4 is 34.8 Å². The molecule has 0 unspecified atom stereocenters. The molecule has 1 aromatic carbocycles. The third-order valence-corrected chi connectivity index (χ3v) is 6.92. The molecule has 1 aromatic heterocycles. The zero-order valence-corrected chi connectivity index (χ0v) is 20.0. The van der Waals surface area contributed by atoms with Crippen LogP contribution in [-0.2, 0) is 20.8 Å². The van der Waals surface area contributed by atoms with Crippen molar-refractivity contribution in [2.24, 2.45) is 0 Å². The van der Waals surface area contributed by atoms with Crippen molar-refractivity contribution in [3.05, 3.63) is 52.5 Å². The Morgan fingerprint density at radius 2 is 1.86 bits per heavy atom. The monoisotopic (exact) mass is 530 g/mol. The molecule has 4 rings (SSSR count). The largest absolute Gasteiger partial charge is 0.490 e. The van der Waals surface area contributed by atoms with Gasteiger partial charge in [0.2, 0.25) is 11.8 Å². The van der Waals surface area contributed by atoms with E-state index in [1.54, 1.807) is 17.4 Å². The van der Waals surface area contributed by atoms with Crippen LogP contribution >= 0.6 is 11.3 Å². The van der Waals surface area contributed by atoms with Crippen LogP contribution in [0.15, 0.2) is 41.8 Å². The van der Waals surface area contributed by atoms with Gasteiger partial charge in [-0.15, -0.1) is 11.3 Å². The quantitative estimate of drug-likeness (QED) is 0.497. The number of halogens is 4. The smallest absolute Gasteiger partial charge is 0.475 e. The molecule has 8 nitrogen and oxygen atoms in total. The van der Waals surface area contributed by atoms with E-state index in [4.69, 9.17) is 9.90 Å². The van der Waals surface area contributed by atoms with Crippen LogP contribution in [0.1, 0.15) is 17.7 Å². The second-order valence-corrected chi connectivity index (χ2v) is 9.39. The van der Waals surface area contributed by atoms with Crippen LogP contribution in [0.4, 0.5) is 23.2 Å². The molecule has 0 bridgehead atoms. The van der Waals surface area contributed by atoms with Crippen molar-refractivity contribution < 1.29 is 37.1 Å². The summed E-state index contributed by atoms with van der Waals surface area (Å²) in [5, 5.41) is 15.0. The molecule has 2 aliphatic rings. The fourth-order valence-corrected chi connectivity index (χ4v) is 4.91. The molecule has 0 saturated carbocycles. The highest BCUT2D eigenvalue weighted by atomic mass is 32.1. The van der Waals surface area contributed by atoms with Crippen molar-refractivity contribution in [3.63, 3.8) is 0 Å². The highest BCUT2D eigenvalue weighted by Gasteiger charge is 2.50. The predicted molar refractivity (Wildman–Crippen MR) is 125 cm³/mol. The van der Waals surface area contributed by atoms with Crippen LogP contribution in [-0.4, -0.2) is 72.4 Å². The fourth-order valence-electron chi connectivity index (χ4n) is 4.20. The van der Waals surface area contributed by atoms with Gasteiger partial charge in [-0.2, -0.15) is 13.2 Å². The first-order valence-electron chi connectivity index (χ1n) is 11.1. The SMILES string of the molecule is O=C(Cc1cccs1)NCCN1CCC2(CC1)C(=O)NCN2c1cccc(F)c1.O=C(O)C(F)(F)F. The fraction of sp³-hybridized carbons (Fsp3) is 0.435. The third-order valence-electron chi connectivity index (χ3n) is 6.05. The van der Waals surface area contributed by atoms with E-state index in [2.05, 4.69) is 15.5 Å². The number of alkyl halides is 3. The van der Waals surface area contributed by atoms with Gasteiger partial charge in [-0.25, -0.2) is 9.18 Å². The minimum Gasteiger partial charge on any atom is -0.475 e. The number of carbonyl (C=O) groups excluding carboxylic acids is 2. The number of nitrogens with zero attached hydrogens (tertiary/aromatic N) is 2. The van der Waals surface area contributed by atoms with Gasteiger partial charge in [0.05, 0.1) is 13.1 Å². The second-order valence-electron chi connectivity index (χ2n) is 8.35. The normalized spacial score (nSPS) is 17.3. The first kappa shape index (κ1) is 27.4. The number of piperidine rings is 1. The summed E-state index contributed by atoms with van der Waals surface area (Å²) in [6, 6.07) is 10.3. The van der Waals surface area contributed by atoms with Gasteiger partial charge in [0.15, 0.2) is 0 Å². The zero-order chi connectivity index (χ0) is 26.3. The summed E-state index contributed by atoms with van der Waals surface area (Å²) in [6.07, 6.45) is -3.31. The lowest BCUT2D eigenvalue weighted by molar-refractivity contribution is -0.192. The third kappa shape index (κ3) is 6.94. The number of hydrogen-bond acceptors (Lipinski definition) is 6. The highest BCUT2D eigenvalue weighted by molar-refractivity contribution is 7.10. The van der Waals surface area contributed by atoms with Crippen LogP contribution in [0.5, 0.6) is 0 Å². The van der Waals surface area contributed by atoms with E-state index in [0.29, 0.717) is 32.5 Å². The number of carboxylic acids is 1. The molecule has 2 fully saturated rings. The van der Waals surface area contributed by atoms with E-state index < -0.39 is 17.7 Å². The minimum atomic E-state index is -5.08. The maximum atomic E-state index is 13.7. The molecule has 2 saturated heterocycles. The van der Waals surface area contributed by atoms with E-state index in [9.17, 15) is 27.2 Å². The molecule has 0 aliphatic carbocycles.